The maximum absolute atomic E-state index is 8.97. The Morgan fingerprint density at radius 1 is 1.70 bits per heavy atom. The molecular weight excluding hydrogens is 214 g/mol. The quantitative estimate of drug-likeness (QED) is 0.733. The Morgan fingerprint density at radius 3 is 2.80 bits per heavy atom. The van der Waals surface area contributed by atoms with Crippen LogP contribution in [0.5, 0.6) is 0 Å². The Kier molecular flexibility index (Phi) is 2.44. The molecule has 0 aliphatic carbocycles. The van der Waals surface area contributed by atoms with Gasteiger partial charge in [-0.25, -0.2) is 0 Å². The molecule has 1 aromatic heterocycles. The molecular formula is C6H4BrNOS. The van der Waals surface area contributed by atoms with Gasteiger partial charge in [0.05, 0.1) is 9.86 Å². The molecule has 0 spiro atoms. The summed E-state index contributed by atoms with van der Waals surface area (Å²) < 4.78 is 0.928. The van der Waals surface area contributed by atoms with Crippen molar-refractivity contribution in [1.29, 1.82) is 5.26 Å². The highest BCUT2D eigenvalue weighted by Gasteiger charge is 2.06. The number of hydrogen-bond donors (Lipinski definition) is 1. The minimum Gasteiger partial charge on any atom is -0.373 e. The number of aliphatic hydroxyl groups is 1. The highest BCUT2D eigenvalue weighted by Crippen LogP contribution is 2.26. The van der Waals surface area contributed by atoms with E-state index in [1.165, 1.54) is 11.3 Å². The van der Waals surface area contributed by atoms with Crippen LogP contribution in [0, 0.1) is 11.3 Å². The molecule has 0 aliphatic heterocycles. The van der Waals surface area contributed by atoms with Crippen LogP contribution in [0.3, 0.4) is 0 Å². The van der Waals surface area contributed by atoms with Crippen molar-refractivity contribution in [3.8, 4) is 6.07 Å². The second-order valence-corrected chi connectivity index (χ2v) is 4.17. The molecule has 0 saturated heterocycles. The van der Waals surface area contributed by atoms with Crippen LogP contribution in [0.4, 0.5) is 0 Å². The Morgan fingerprint density at radius 2 is 2.40 bits per heavy atom. The molecule has 0 radical (unpaired) electrons. The molecule has 0 saturated carbocycles. The van der Waals surface area contributed by atoms with E-state index < -0.39 is 6.10 Å². The van der Waals surface area contributed by atoms with E-state index in [-0.39, 0.29) is 0 Å². The Hall–Kier alpha value is -0.370. The standard InChI is InChI=1S/C6H4BrNOS/c7-6-2-1-5(10-6)4(9)3-8/h1-2,4,9H/t4-/m0/s1. The average molecular weight is 218 g/mol. The van der Waals surface area contributed by atoms with Gasteiger partial charge in [-0.05, 0) is 28.1 Å². The third-order valence-corrected chi connectivity index (χ3v) is 2.66. The van der Waals surface area contributed by atoms with E-state index in [4.69, 9.17) is 10.4 Å². The van der Waals surface area contributed by atoms with Gasteiger partial charge in [0.25, 0.3) is 0 Å². The molecule has 0 bridgehead atoms. The van der Waals surface area contributed by atoms with Crippen molar-refractivity contribution in [2.45, 2.75) is 6.10 Å². The maximum atomic E-state index is 8.97. The van der Waals surface area contributed by atoms with Crippen molar-refractivity contribution >= 4 is 27.3 Å². The van der Waals surface area contributed by atoms with Crippen molar-refractivity contribution < 1.29 is 5.11 Å². The monoisotopic (exact) mass is 217 g/mol. The molecule has 1 rings (SSSR count). The zero-order valence-corrected chi connectivity index (χ0v) is 7.32. The molecule has 0 aliphatic rings. The molecule has 10 heavy (non-hydrogen) atoms. The van der Waals surface area contributed by atoms with E-state index in [1.54, 1.807) is 18.2 Å². The maximum Gasteiger partial charge on any atom is 0.175 e. The van der Waals surface area contributed by atoms with Gasteiger partial charge in [0.1, 0.15) is 0 Å². The lowest BCUT2D eigenvalue weighted by molar-refractivity contribution is 0.240. The van der Waals surface area contributed by atoms with Crippen molar-refractivity contribution in [2.75, 3.05) is 0 Å². The Bertz CT molecular complexity index is 265. The molecule has 4 heteroatoms. The van der Waals surface area contributed by atoms with Gasteiger partial charge < -0.3 is 5.11 Å². The summed E-state index contributed by atoms with van der Waals surface area (Å²) in [6.07, 6.45) is -0.976. The highest BCUT2D eigenvalue weighted by molar-refractivity contribution is 9.11. The fourth-order valence-corrected chi connectivity index (χ4v) is 1.89. The smallest absolute Gasteiger partial charge is 0.175 e. The number of halogens is 1. The lowest BCUT2D eigenvalue weighted by Crippen LogP contribution is -1.86. The SMILES string of the molecule is N#C[C@H](O)c1ccc(Br)s1. The molecule has 2 nitrogen and oxygen atoms in total. The zero-order chi connectivity index (χ0) is 7.56. The summed E-state index contributed by atoms with van der Waals surface area (Å²) in [5.74, 6) is 0. The summed E-state index contributed by atoms with van der Waals surface area (Å²) in [5.41, 5.74) is 0. The van der Waals surface area contributed by atoms with Gasteiger partial charge in [0.15, 0.2) is 6.10 Å². The van der Waals surface area contributed by atoms with Crippen LogP contribution in [0.25, 0.3) is 0 Å². The Labute approximate surface area is 70.9 Å². The van der Waals surface area contributed by atoms with E-state index in [1.807, 2.05) is 0 Å². The van der Waals surface area contributed by atoms with Crippen LogP contribution in [0.2, 0.25) is 0 Å². The average Bonchev–Trinajstić information content (AvgIpc) is 2.34. The van der Waals surface area contributed by atoms with E-state index in [9.17, 15) is 0 Å². The zero-order valence-electron chi connectivity index (χ0n) is 4.91. The fourth-order valence-electron chi connectivity index (χ4n) is 0.539. The largest absolute Gasteiger partial charge is 0.373 e. The topological polar surface area (TPSA) is 44.0 Å². The number of nitrogens with zero attached hydrogens (tertiary/aromatic N) is 1. The number of hydrogen-bond acceptors (Lipinski definition) is 3. The first-order valence-corrected chi connectivity index (χ1v) is 4.18. The second kappa shape index (κ2) is 3.15. The van der Waals surface area contributed by atoms with E-state index in [2.05, 4.69) is 15.9 Å². The summed E-state index contributed by atoms with van der Waals surface area (Å²) in [4.78, 5) is 0.675. The molecule has 0 amide bonds. The van der Waals surface area contributed by atoms with Crippen LogP contribution in [-0.4, -0.2) is 5.11 Å². The first kappa shape index (κ1) is 7.73. The lowest BCUT2D eigenvalue weighted by Gasteiger charge is -1.92. The normalized spacial score (nSPS) is 12.5. The fraction of sp³-hybridized carbons (Fsp3) is 0.167. The lowest BCUT2D eigenvalue weighted by atomic mass is 10.3. The highest BCUT2D eigenvalue weighted by atomic mass is 79.9. The third-order valence-electron chi connectivity index (χ3n) is 0.986. The predicted molar refractivity (Wildman–Crippen MR) is 42.6 cm³/mol. The first-order chi connectivity index (χ1) is 4.74. The van der Waals surface area contributed by atoms with Gasteiger partial charge in [0, 0.05) is 4.88 Å². The summed E-state index contributed by atoms with van der Waals surface area (Å²) in [5, 5.41) is 17.3. The van der Waals surface area contributed by atoms with Gasteiger partial charge in [-0.1, -0.05) is 0 Å². The van der Waals surface area contributed by atoms with E-state index in [0.717, 1.165) is 3.79 Å². The van der Waals surface area contributed by atoms with Gasteiger partial charge >= 0.3 is 0 Å². The summed E-state index contributed by atoms with van der Waals surface area (Å²) in [6, 6.07) is 5.27. The molecule has 1 aromatic rings. The molecule has 0 unspecified atom stereocenters. The van der Waals surface area contributed by atoms with E-state index in [0.29, 0.717) is 4.88 Å². The van der Waals surface area contributed by atoms with Crippen LogP contribution in [0.1, 0.15) is 11.0 Å². The summed E-state index contributed by atoms with van der Waals surface area (Å²) in [7, 11) is 0. The van der Waals surface area contributed by atoms with Crippen LogP contribution < -0.4 is 0 Å². The molecule has 1 heterocycles. The molecule has 52 valence electrons. The number of nitriles is 1. The second-order valence-electron chi connectivity index (χ2n) is 1.67. The number of thiophene rings is 1. The van der Waals surface area contributed by atoms with Gasteiger partial charge in [-0.3, -0.25) is 0 Å². The van der Waals surface area contributed by atoms with Crippen molar-refractivity contribution in [3.05, 3.63) is 20.8 Å². The van der Waals surface area contributed by atoms with Gasteiger partial charge in [0.2, 0.25) is 0 Å². The number of aliphatic hydroxyl groups excluding tert-OH is 1. The summed E-state index contributed by atoms with van der Waals surface area (Å²) in [6.45, 7) is 0. The molecule has 1 N–H and O–H groups in total. The Balaban J connectivity index is 2.87. The minimum atomic E-state index is -0.976. The first-order valence-electron chi connectivity index (χ1n) is 2.57. The van der Waals surface area contributed by atoms with Gasteiger partial charge in [-0.2, -0.15) is 5.26 Å². The van der Waals surface area contributed by atoms with Gasteiger partial charge in [-0.15, -0.1) is 11.3 Å². The minimum absolute atomic E-state index is 0.675. The van der Waals surface area contributed by atoms with Crippen LogP contribution in [0.15, 0.2) is 15.9 Å². The predicted octanol–water partition coefficient (Wildman–Crippen LogP) is 2.07. The van der Waals surface area contributed by atoms with Crippen molar-refractivity contribution in [2.24, 2.45) is 0 Å². The van der Waals surface area contributed by atoms with Crippen LogP contribution >= 0.6 is 27.3 Å². The molecule has 0 fully saturated rings. The molecule has 1 atom stereocenters. The third kappa shape index (κ3) is 1.57. The number of rotatable bonds is 1. The molecule has 0 aromatic carbocycles. The van der Waals surface area contributed by atoms with E-state index >= 15 is 0 Å². The van der Waals surface area contributed by atoms with Crippen molar-refractivity contribution in [1.82, 2.24) is 0 Å². The van der Waals surface area contributed by atoms with Crippen LogP contribution in [-0.2, 0) is 0 Å². The van der Waals surface area contributed by atoms with Crippen molar-refractivity contribution in [3.63, 3.8) is 0 Å². The summed E-state index contributed by atoms with van der Waals surface area (Å²) >= 11 is 4.59.